The lowest BCUT2D eigenvalue weighted by atomic mass is 9.79. The van der Waals surface area contributed by atoms with Crippen molar-refractivity contribution in [1.82, 2.24) is 0 Å². The van der Waals surface area contributed by atoms with Crippen molar-refractivity contribution in [3.63, 3.8) is 0 Å². The molecule has 1 aliphatic rings. The van der Waals surface area contributed by atoms with Crippen LogP contribution in [0.5, 0.6) is 0 Å². The first kappa shape index (κ1) is 11.0. The maximum Gasteiger partial charge on any atom is 0.0619 e. The van der Waals surface area contributed by atoms with E-state index >= 15 is 0 Å². The number of hydrogen-bond donors (Lipinski definition) is 1. The van der Waals surface area contributed by atoms with Crippen LogP contribution in [0.25, 0.3) is 0 Å². The minimum absolute atomic E-state index is 0. The third-order valence-corrected chi connectivity index (χ3v) is 2.60. The van der Waals surface area contributed by atoms with Gasteiger partial charge < -0.3 is 5.11 Å². The molecule has 1 saturated carbocycles. The van der Waals surface area contributed by atoms with Crippen molar-refractivity contribution in [2.45, 2.75) is 59.0 Å². The fourth-order valence-electron chi connectivity index (χ4n) is 1.81. The normalized spacial score (nSPS) is 21.0. The molecule has 0 saturated heterocycles. The molecule has 0 aromatic heterocycles. The smallest absolute Gasteiger partial charge is 0.0619 e. The fraction of sp³-hybridized carbons (Fsp3) is 1.00. The Balaban J connectivity index is 0.000001000. The van der Waals surface area contributed by atoms with Crippen molar-refractivity contribution in [1.29, 1.82) is 0 Å². The van der Waals surface area contributed by atoms with E-state index < -0.39 is 5.60 Å². The molecule has 0 atom stereocenters. The van der Waals surface area contributed by atoms with E-state index in [9.17, 15) is 5.11 Å². The van der Waals surface area contributed by atoms with Crippen molar-refractivity contribution < 1.29 is 5.11 Å². The molecule has 1 heteroatoms. The van der Waals surface area contributed by atoms with Gasteiger partial charge in [-0.15, -0.1) is 0 Å². The van der Waals surface area contributed by atoms with E-state index in [0.717, 1.165) is 0 Å². The molecule has 0 aromatic rings. The zero-order chi connectivity index (χ0) is 7.61. The Morgan fingerprint density at radius 3 is 1.82 bits per heavy atom. The highest BCUT2D eigenvalue weighted by Gasteiger charge is 2.27. The van der Waals surface area contributed by atoms with Gasteiger partial charge in [-0.2, -0.15) is 0 Å². The summed E-state index contributed by atoms with van der Waals surface area (Å²) in [6.45, 7) is 3.87. The van der Waals surface area contributed by atoms with Crippen LogP contribution in [0.15, 0.2) is 0 Å². The van der Waals surface area contributed by atoms with E-state index in [-0.39, 0.29) is 7.43 Å². The second-order valence-corrected chi connectivity index (χ2v) is 3.99. The Kier molecular flexibility index (Phi) is 4.09. The first-order chi connectivity index (χ1) is 4.61. The monoisotopic (exact) mass is 158 g/mol. The van der Waals surface area contributed by atoms with E-state index in [1.165, 1.54) is 32.1 Å². The summed E-state index contributed by atoms with van der Waals surface area (Å²) in [5.41, 5.74) is -0.430. The van der Waals surface area contributed by atoms with Crippen LogP contribution in [0, 0.1) is 5.92 Å². The van der Waals surface area contributed by atoms with Crippen LogP contribution in [-0.4, -0.2) is 10.7 Å². The highest BCUT2D eigenvalue weighted by molar-refractivity contribution is 4.79. The summed E-state index contributed by atoms with van der Waals surface area (Å²) < 4.78 is 0. The highest BCUT2D eigenvalue weighted by Crippen LogP contribution is 2.31. The average Bonchev–Trinajstić information content (AvgIpc) is 1.88. The molecule has 0 amide bonds. The van der Waals surface area contributed by atoms with Crippen LogP contribution < -0.4 is 0 Å². The van der Waals surface area contributed by atoms with Gasteiger partial charge in [-0.05, 0) is 32.6 Å². The van der Waals surface area contributed by atoms with Gasteiger partial charge in [-0.1, -0.05) is 26.7 Å². The molecule has 0 heterocycles. The molecule has 0 unspecified atom stereocenters. The second kappa shape index (κ2) is 4.10. The summed E-state index contributed by atoms with van der Waals surface area (Å²) in [4.78, 5) is 0. The quantitative estimate of drug-likeness (QED) is 0.622. The molecule has 1 N–H and O–H groups in total. The molecule has 68 valence electrons. The van der Waals surface area contributed by atoms with Crippen LogP contribution >= 0.6 is 0 Å². The zero-order valence-electron chi connectivity index (χ0n) is 7.06. The first-order valence-corrected chi connectivity index (χ1v) is 4.33. The molecular formula is C10H22O. The van der Waals surface area contributed by atoms with Gasteiger partial charge in [0.25, 0.3) is 0 Å². The van der Waals surface area contributed by atoms with Gasteiger partial charge in [0.15, 0.2) is 0 Å². The van der Waals surface area contributed by atoms with E-state index in [0.29, 0.717) is 5.92 Å². The van der Waals surface area contributed by atoms with Crippen LogP contribution in [-0.2, 0) is 0 Å². The molecule has 1 fully saturated rings. The molecule has 0 bridgehead atoms. The van der Waals surface area contributed by atoms with Gasteiger partial charge in [-0.25, -0.2) is 0 Å². The predicted molar refractivity (Wildman–Crippen MR) is 49.6 cm³/mol. The Hall–Kier alpha value is -0.0400. The van der Waals surface area contributed by atoms with Crippen LogP contribution in [0.3, 0.4) is 0 Å². The van der Waals surface area contributed by atoms with Crippen molar-refractivity contribution in [3.8, 4) is 0 Å². The molecule has 1 nitrogen and oxygen atoms in total. The summed E-state index contributed by atoms with van der Waals surface area (Å²) >= 11 is 0. The van der Waals surface area contributed by atoms with Crippen LogP contribution in [0.4, 0.5) is 0 Å². The molecule has 0 aromatic carbocycles. The van der Waals surface area contributed by atoms with Gasteiger partial charge >= 0.3 is 0 Å². The van der Waals surface area contributed by atoms with E-state index in [1.807, 2.05) is 13.8 Å². The van der Waals surface area contributed by atoms with E-state index in [1.54, 1.807) is 0 Å². The largest absolute Gasteiger partial charge is 0.390 e. The van der Waals surface area contributed by atoms with E-state index in [4.69, 9.17) is 0 Å². The van der Waals surface area contributed by atoms with Crippen molar-refractivity contribution in [2.75, 3.05) is 0 Å². The van der Waals surface area contributed by atoms with Crippen molar-refractivity contribution >= 4 is 0 Å². The topological polar surface area (TPSA) is 20.2 Å². The lowest BCUT2D eigenvalue weighted by Gasteiger charge is -2.32. The highest BCUT2D eigenvalue weighted by atomic mass is 16.3. The zero-order valence-corrected chi connectivity index (χ0v) is 7.06. The number of rotatable bonds is 1. The standard InChI is InChI=1S/C9H18O.CH4/c1-9(2,10)8-6-4-3-5-7-8;/h8,10H,3-7H2,1-2H3;1H4. The lowest BCUT2D eigenvalue weighted by Crippen LogP contribution is -2.32. The van der Waals surface area contributed by atoms with Gasteiger partial charge in [0, 0.05) is 0 Å². The molecule has 11 heavy (non-hydrogen) atoms. The van der Waals surface area contributed by atoms with E-state index in [2.05, 4.69) is 0 Å². The Morgan fingerprint density at radius 1 is 1.09 bits per heavy atom. The maximum absolute atomic E-state index is 9.64. The predicted octanol–water partition coefficient (Wildman–Crippen LogP) is 2.97. The minimum Gasteiger partial charge on any atom is -0.390 e. The third kappa shape index (κ3) is 3.24. The van der Waals surface area contributed by atoms with Gasteiger partial charge in [0.2, 0.25) is 0 Å². The summed E-state index contributed by atoms with van der Waals surface area (Å²) in [7, 11) is 0. The molecule has 1 rings (SSSR count). The summed E-state index contributed by atoms with van der Waals surface area (Å²) in [5, 5.41) is 9.64. The van der Waals surface area contributed by atoms with Gasteiger partial charge in [0.1, 0.15) is 0 Å². The Morgan fingerprint density at radius 2 is 1.55 bits per heavy atom. The minimum atomic E-state index is -0.430. The van der Waals surface area contributed by atoms with Gasteiger partial charge in [0.05, 0.1) is 5.60 Å². The van der Waals surface area contributed by atoms with Crippen LogP contribution in [0.2, 0.25) is 0 Å². The van der Waals surface area contributed by atoms with Crippen molar-refractivity contribution in [3.05, 3.63) is 0 Å². The average molecular weight is 158 g/mol. The second-order valence-electron chi connectivity index (χ2n) is 3.99. The number of hydrogen-bond acceptors (Lipinski definition) is 1. The summed E-state index contributed by atoms with van der Waals surface area (Å²) in [6.07, 6.45) is 6.45. The Bertz CT molecular complexity index is 95.9. The number of aliphatic hydroxyl groups is 1. The molecular weight excluding hydrogens is 136 g/mol. The Labute approximate surface area is 70.8 Å². The molecule has 1 aliphatic carbocycles. The first-order valence-electron chi connectivity index (χ1n) is 4.33. The molecule has 0 spiro atoms. The lowest BCUT2D eigenvalue weighted by molar-refractivity contribution is 0.000835. The summed E-state index contributed by atoms with van der Waals surface area (Å²) in [6, 6.07) is 0. The molecule has 0 aliphatic heterocycles. The fourth-order valence-corrected chi connectivity index (χ4v) is 1.81. The van der Waals surface area contributed by atoms with Crippen molar-refractivity contribution in [2.24, 2.45) is 5.92 Å². The maximum atomic E-state index is 9.64. The van der Waals surface area contributed by atoms with Gasteiger partial charge in [-0.3, -0.25) is 0 Å². The third-order valence-electron chi connectivity index (χ3n) is 2.60. The summed E-state index contributed by atoms with van der Waals surface area (Å²) in [5.74, 6) is 0.557. The van der Waals surface area contributed by atoms with Crippen LogP contribution in [0.1, 0.15) is 53.4 Å². The molecule has 0 radical (unpaired) electrons. The SMILES string of the molecule is C.CC(C)(O)C1CCCCC1.